The number of hydrogen-bond donors (Lipinski definition) is 7. The van der Waals surface area contributed by atoms with Crippen LogP contribution in [0.25, 0.3) is 12.2 Å². The van der Waals surface area contributed by atoms with Crippen LogP contribution in [-0.4, -0.2) is 85.8 Å². The zero-order chi connectivity index (χ0) is 42.4. The van der Waals surface area contributed by atoms with Gasteiger partial charge in [0.15, 0.2) is 0 Å². The van der Waals surface area contributed by atoms with Gasteiger partial charge in [-0.1, -0.05) is 18.2 Å². The number of nitrogens with two attached hydrogens (primary N) is 1. The van der Waals surface area contributed by atoms with Gasteiger partial charge in [-0.05, 0) is 48.0 Å². The van der Waals surface area contributed by atoms with E-state index in [4.69, 9.17) is 35.7 Å². The third kappa shape index (κ3) is 14.7. The van der Waals surface area contributed by atoms with E-state index in [1.807, 2.05) is 36.4 Å². The predicted molar refractivity (Wildman–Crippen MR) is 189 cm³/mol. The summed E-state index contributed by atoms with van der Waals surface area (Å²) in [4.78, 5) is 60.3. The van der Waals surface area contributed by atoms with E-state index in [9.17, 15) is 40.7 Å². The Labute approximate surface area is 313 Å². The Morgan fingerprint density at radius 1 is 0.804 bits per heavy atom. The Morgan fingerprint density at radius 2 is 1.29 bits per heavy atom. The highest BCUT2D eigenvalue weighted by Gasteiger charge is 2.38. The van der Waals surface area contributed by atoms with Crippen LogP contribution in [0, 0.1) is 5.41 Å². The largest absolute Gasteiger partial charge is 0.497 e. The summed E-state index contributed by atoms with van der Waals surface area (Å²) in [5.41, 5.74) is 8.87. The number of halogens is 6. The highest BCUT2D eigenvalue weighted by Crippen LogP contribution is 2.19. The molecule has 4 aromatic rings. The number of benzene rings is 1. The van der Waals surface area contributed by atoms with E-state index in [0.29, 0.717) is 34.0 Å². The number of anilines is 2. The molecular weight excluding hydrogens is 762 g/mol. The number of aromatic nitrogens is 3. The summed E-state index contributed by atoms with van der Waals surface area (Å²) in [6, 6.07) is 14.1. The number of pyridine rings is 1. The van der Waals surface area contributed by atoms with Crippen molar-refractivity contribution in [3.63, 3.8) is 0 Å². The van der Waals surface area contributed by atoms with Gasteiger partial charge >= 0.3 is 24.3 Å². The van der Waals surface area contributed by atoms with Gasteiger partial charge in [-0.15, -0.1) is 0 Å². The molecule has 3 aromatic heterocycles. The van der Waals surface area contributed by atoms with Crippen molar-refractivity contribution < 1.29 is 65.3 Å². The lowest BCUT2D eigenvalue weighted by Crippen LogP contribution is -2.28. The van der Waals surface area contributed by atoms with Crippen LogP contribution in [0.15, 0.2) is 67.1 Å². The second-order valence-electron chi connectivity index (χ2n) is 11.1. The lowest BCUT2D eigenvalue weighted by molar-refractivity contribution is -0.193. The molecule has 16 nitrogen and oxygen atoms in total. The molecule has 22 heteroatoms. The van der Waals surface area contributed by atoms with E-state index in [1.54, 1.807) is 67.0 Å². The SMILES string of the molecule is COc1ccc(C=Cc2ccc(C(=O)Nc3cc(C(=O)Nc4cc(C(=O)NCCC(=N)N)n(C)c4)n(C)c3)cn2)cc1.O=C(O)C(F)(F)F.O=C(O)C(F)(F)F. The van der Waals surface area contributed by atoms with Gasteiger partial charge in [0.25, 0.3) is 17.7 Å². The van der Waals surface area contributed by atoms with Crippen molar-refractivity contribution in [2.45, 2.75) is 18.8 Å². The summed E-state index contributed by atoms with van der Waals surface area (Å²) in [7, 11) is 4.99. The number of alkyl halides is 6. The summed E-state index contributed by atoms with van der Waals surface area (Å²) in [5, 5.41) is 29.7. The highest BCUT2D eigenvalue weighted by atomic mass is 19.4. The smallest absolute Gasteiger partial charge is 0.490 e. The van der Waals surface area contributed by atoms with E-state index in [-0.39, 0.29) is 30.6 Å². The molecule has 8 N–H and O–H groups in total. The molecule has 0 spiro atoms. The molecule has 1 aromatic carbocycles. The van der Waals surface area contributed by atoms with Gasteiger partial charge in [0, 0.05) is 45.7 Å². The van der Waals surface area contributed by atoms with E-state index in [1.165, 1.54) is 6.20 Å². The maximum Gasteiger partial charge on any atom is 0.490 e. The van der Waals surface area contributed by atoms with Crippen molar-refractivity contribution in [3.8, 4) is 5.75 Å². The minimum atomic E-state index is -5.08. The number of carbonyl (C=O) groups excluding carboxylic acids is 3. The number of amidine groups is 1. The zero-order valence-corrected chi connectivity index (χ0v) is 29.5. The Morgan fingerprint density at radius 3 is 1.71 bits per heavy atom. The normalized spacial score (nSPS) is 10.9. The second kappa shape index (κ2) is 19.8. The van der Waals surface area contributed by atoms with Crippen LogP contribution in [-0.2, 0) is 23.7 Å². The summed E-state index contributed by atoms with van der Waals surface area (Å²) >= 11 is 0. The lowest BCUT2D eigenvalue weighted by Gasteiger charge is -2.04. The monoisotopic (exact) mass is 796 g/mol. The van der Waals surface area contributed by atoms with Crippen molar-refractivity contribution in [2.24, 2.45) is 19.8 Å². The topological polar surface area (TPSA) is 244 Å². The molecule has 300 valence electrons. The fraction of sp³-hybridized carbons (Fsp3) is 0.206. The Hall–Kier alpha value is -7.13. The molecule has 0 atom stereocenters. The van der Waals surface area contributed by atoms with Gasteiger partial charge in [0.05, 0.1) is 35.6 Å². The van der Waals surface area contributed by atoms with E-state index in [2.05, 4.69) is 20.9 Å². The van der Waals surface area contributed by atoms with Crippen LogP contribution >= 0.6 is 0 Å². The van der Waals surface area contributed by atoms with Gasteiger partial charge in [0.1, 0.15) is 17.1 Å². The molecule has 0 aliphatic rings. The fourth-order valence-electron chi connectivity index (χ4n) is 4.05. The molecule has 0 saturated carbocycles. The first kappa shape index (κ1) is 45.0. The molecule has 3 heterocycles. The molecule has 4 rings (SSSR count). The first-order chi connectivity index (χ1) is 26.0. The number of nitrogens with zero attached hydrogens (tertiary/aromatic N) is 3. The fourth-order valence-corrected chi connectivity index (χ4v) is 4.05. The van der Waals surface area contributed by atoms with Gasteiger partial charge < -0.3 is 45.8 Å². The lowest BCUT2D eigenvalue weighted by atomic mass is 10.1. The second-order valence-corrected chi connectivity index (χ2v) is 11.1. The Balaban J connectivity index is 0.000000657. The van der Waals surface area contributed by atoms with Gasteiger partial charge in [-0.3, -0.25) is 24.8 Å². The summed E-state index contributed by atoms with van der Waals surface area (Å²) in [6.07, 6.45) is -1.42. The predicted octanol–water partition coefficient (Wildman–Crippen LogP) is 4.76. The summed E-state index contributed by atoms with van der Waals surface area (Å²) < 4.78 is 71.8. The Kier molecular flexibility index (Phi) is 15.9. The molecule has 0 aliphatic heterocycles. The third-order valence-electron chi connectivity index (χ3n) is 6.77. The maximum absolute atomic E-state index is 13.0. The molecule has 0 aliphatic carbocycles. The average Bonchev–Trinajstić information content (AvgIpc) is 3.67. The van der Waals surface area contributed by atoms with Crippen LogP contribution in [0.2, 0.25) is 0 Å². The first-order valence-electron chi connectivity index (χ1n) is 15.5. The van der Waals surface area contributed by atoms with Crippen LogP contribution < -0.4 is 26.4 Å². The van der Waals surface area contributed by atoms with Crippen LogP contribution in [0.4, 0.5) is 37.7 Å². The van der Waals surface area contributed by atoms with E-state index >= 15 is 0 Å². The number of amides is 3. The minimum absolute atomic E-state index is 0.0167. The van der Waals surface area contributed by atoms with Gasteiger partial charge in [-0.2, -0.15) is 26.3 Å². The molecule has 0 unspecified atom stereocenters. The van der Waals surface area contributed by atoms with Crippen LogP contribution in [0.3, 0.4) is 0 Å². The summed E-state index contributed by atoms with van der Waals surface area (Å²) in [6.45, 7) is 0.237. The molecular formula is C34H34F6N8O8. The number of carbonyl (C=O) groups is 5. The molecule has 0 radical (unpaired) electrons. The zero-order valence-electron chi connectivity index (χ0n) is 29.5. The van der Waals surface area contributed by atoms with E-state index in [0.717, 1.165) is 11.3 Å². The number of nitrogens with one attached hydrogen (secondary N) is 4. The number of aliphatic carboxylic acids is 2. The number of ether oxygens (including phenoxy) is 1. The van der Waals surface area contributed by atoms with Crippen molar-refractivity contribution in [1.29, 1.82) is 5.41 Å². The van der Waals surface area contributed by atoms with Crippen molar-refractivity contribution in [1.82, 2.24) is 19.4 Å². The van der Waals surface area contributed by atoms with Crippen molar-refractivity contribution in [2.75, 3.05) is 24.3 Å². The van der Waals surface area contributed by atoms with Gasteiger partial charge in [-0.25, -0.2) is 9.59 Å². The number of carboxylic acids is 2. The number of aryl methyl sites for hydroxylation is 2. The van der Waals surface area contributed by atoms with Gasteiger partial charge in [0.2, 0.25) is 0 Å². The minimum Gasteiger partial charge on any atom is -0.497 e. The third-order valence-corrected chi connectivity index (χ3v) is 6.77. The van der Waals surface area contributed by atoms with Crippen molar-refractivity contribution in [3.05, 3.63) is 95.3 Å². The average molecular weight is 797 g/mol. The maximum atomic E-state index is 13.0. The first-order valence-corrected chi connectivity index (χ1v) is 15.5. The summed E-state index contributed by atoms with van der Waals surface area (Å²) in [5.74, 6) is -5.88. The number of hydrogen-bond acceptors (Lipinski definition) is 8. The molecule has 0 saturated heterocycles. The van der Waals surface area contributed by atoms with Crippen LogP contribution in [0.5, 0.6) is 5.75 Å². The van der Waals surface area contributed by atoms with E-state index < -0.39 is 30.2 Å². The van der Waals surface area contributed by atoms with Crippen LogP contribution in [0.1, 0.15) is 49.0 Å². The Bertz CT molecular complexity index is 2030. The number of methoxy groups -OCH3 is 1. The number of carboxylic acid groups (broad SMARTS) is 2. The quantitative estimate of drug-likeness (QED) is 0.0623. The highest BCUT2D eigenvalue weighted by molar-refractivity contribution is 6.07. The molecule has 56 heavy (non-hydrogen) atoms. The molecule has 3 amide bonds. The van der Waals surface area contributed by atoms with Crippen molar-refractivity contribution >= 4 is 59.0 Å². The molecule has 0 fully saturated rings. The standard InChI is InChI=1S/C30H32N8O4.2C2HF3O2/c1-37-18-23(14-25(37)29(40)33-13-12-27(31)32)36-30(41)26-15-22(17-38(26)2)35-28(39)20-7-9-21(34-16-20)8-4-19-5-10-24(42-3)11-6-19;2*3-2(4,5)1(6)7/h4-11,14-18H,12-13H2,1-3H3,(H3,31,32)(H,33,40)(H,35,39)(H,36,41);2*(H,6,7). The number of rotatable bonds is 11. The molecule has 0 bridgehead atoms.